The van der Waals surface area contributed by atoms with Gasteiger partial charge in [-0.1, -0.05) is 11.6 Å². The highest BCUT2D eigenvalue weighted by molar-refractivity contribution is 6.33. The van der Waals surface area contributed by atoms with Gasteiger partial charge in [-0.2, -0.15) is 0 Å². The number of hydrogen-bond acceptors (Lipinski definition) is 6. The van der Waals surface area contributed by atoms with Crippen LogP contribution in [0.25, 0.3) is 0 Å². The molecular formula is C14H14ClNO5. The molecule has 0 amide bonds. The van der Waals surface area contributed by atoms with E-state index in [-0.39, 0.29) is 5.57 Å². The number of benzene rings is 1. The van der Waals surface area contributed by atoms with Crippen LogP contribution in [0.3, 0.4) is 0 Å². The summed E-state index contributed by atoms with van der Waals surface area (Å²) in [5, 5.41) is 3.18. The van der Waals surface area contributed by atoms with Gasteiger partial charge in [0.05, 0.1) is 17.8 Å². The van der Waals surface area contributed by atoms with E-state index in [0.29, 0.717) is 16.5 Å². The van der Waals surface area contributed by atoms with Crippen molar-refractivity contribution >= 4 is 29.2 Å². The lowest BCUT2D eigenvalue weighted by Crippen LogP contribution is -2.42. The summed E-state index contributed by atoms with van der Waals surface area (Å²) in [5.74, 6) is -2.21. The number of cyclic esters (lactones) is 2. The normalized spacial score (nSPS) is 16.9. The highest BCUT2D eigenvalue weighted by Crippen LogP contribution is 2.28. The van der Waals surface area contributed by atoms with Gasteiger partial charge in [-0.15, -0.1) is 0 Å². The van der Waals surface area contributed by atoms with Crippen LogP contribution >= 0.6 is 11.6 Å². The molecule has 7 heteroatoms. The van der Waals surface area contributed by atoms with E-state index < -0.39 is 17.7 Å². The molecule has 0 bridgehead atoms. The van der Waals surface area contributed by atoms with Gasteiger partial charge in [0, 0.05) is 26.1 Å². The van der Waals surface area contributed by atoms with Crippen molar-refractivity contribution in [3.63, 3.8) is 0 Å². The summed E-state index contributed by atoms with van der Waals surface area (Å²) < 4.78 is 15.0. The Morgan fingerprint density at radius 2 is 1.86 bits per heavy atom. The van der Waals surface area contributed by atoms with Crippen LogP contribution in [0.2, 0.25) is 5.02 Å². The molecule has 1 aliphatic rings. The van der Waals surface area contributed by atoms with Crippen LogP contribution in [0.5, 0.6) is 5.75 Å². The molecule has 0 saturated carbocycles. The third-order valence-corrected chi connectivity index (χ3v) is 2.99. The molecule has 112 valence electrons. The Labute approximate surface area is 126 Å². The summed E-state index contributed by atoms with van der Waals surface area (Å²) in [6.45, 7) is 2.96. The van der Waals surface area contributed by atoms with Gasteiger partial charge in [0.25, 0.3) is 5.79 Å². The number of rotatable bonds is 3. The van der Waals surface area contributed by atoms with Crippen LogP contribution in [0, 0.1) is 0 Å². The van der Waals surface area contributed by atoms with Gasteiger partial charge in [0.2, 0.25) is 0 Å². The van der Waals surface area contributed by atoms with Crippen LogP contribution < -0.4 is 10.1 Å². The van der Waals surface area contributed by atoms with Crippen molar-refractivity contribution in [1.29, 1.82) is 0 Å². The number of methoxy groups -OCH3 is 1. The molecule has 0 radical (unpaired) electrons. The molecule has 1 aromatic carbocycles. The first kappa shape index (κ1) is 15.2. The van der Waals surface area contributed by atoms with E-state index in [0.717, 1.165) is 0 Å². The predicted molar refractivity (Wildman–Crippen MR) is 76.0 cm³/mol. The number of carbonyl (C=O) groups is 2. The zero-order valence-corrected chi connectivity index (χ0v) is 12.5. The summed E-state index contributed by atoms with van der Waals surface area (Å²) in [5.41, 5.74) is 0.238. The maximum absolute atomic E-state index is 11.8. The molecule has 21 heavy (non-hydrogen) atoms. The van der Waals surface area contributed by atoms with Gasteiger partial charge >= 0.3 is 11.9 Å². The van der Waals surface area contributed by atoms with E-state index in [4.69, 9.17) is 25.8 Å². The minimum absolute atomic E-state index is 0.242. The first-order valence-corrected chi connectivity index (χ1v) is 6.47. The number of nitrogens with one attached hydrogen (secondary N) is 1. The van der Waals surface area contributed by atoms with Crippen LogP contribution in [0.1, 0.15) is 13.8 Å². The standard InChI is InChI=1S/C14H14ClNO5/c1-14(2)20-12(17)9(13(18)21-14)7-16-11-6-8(19-3)4-5-10(11)15/h4-7,16H,1-3H3. The zero-order chi connectivity index (χ0) is 15.6. The summed E-state index contributed by atoms with van der Waals surface area (Å²) in [6, 6.07) is 4.94. The van der Waals surface area contributed by atoms with E-state index in [2.05, 4.69) is 5.32 Å². The predicted octanol–water partition coefficient (Wildman–Crippen LogP) is 2.48. The SMILES string of the molecule is COc1ccc(Cl)c(NC=C2C(=O)OC(C)(C)OC2=O)c1. The Morgan fingerprint density at radius 1 is 1.24 bits per heavy atom. The Hall–Kier alpha value is -2.21. The first-order valence-electron chi connectivity index (χ1n) is 6.09. The molecule has 6 nitrogen and oxygen atoms in total. The van der Waals surface area contributed by atoms with Gasteiger partial charge in [-0.3, -0.25) is 0 Å². The number of hydrogen-bond donors (Lipinski definition) is 1. The molecule has 1 saturated heterocycles. The Bertz CT molecular complexity index is 602. The smallest absolute Gasteiger partial charge is 0.350 e. The summed E-state index contributed by atoms with van der Waals surface area (Å²) in [4.78, 5) is 23.5. The monoisotopic (exact) mass is 311 g/mol. The van der Waals surface area contributed by atoms with E-state index in [1.807, 2.05) is 0 Å². The fraction of sp³-hybridized carbons (Fsp3) is 0.286. The topological polar surface area (TPSA) is 73.9 Å². The number of ether oxygens (including phenoxy) is 3. The van der Waals surface area contributed by atoms with E-state index in [9.17, 15) is 9.59 Å². The lowest BCUT2D eigenvalue weighted by molar-refractivity contribution is -0.222. The third-order valence-electron chi connectivity index (χ3n) is 2.66. The third kappa shape index (κ3) is 3.46. The minimum Gasteiger partial charge on any atom is -0.497 e. The largest absolute Gasteiger partial charge is 0.497 e. The van der Waals surface area contributed by atoms with E-state index in [1.54, 1.807) is 18.2 Å². The highest BCUT2D eigenvalue weighted by atomic mass is 35.5. The Kier molecular flexibility index (Phi) is 4.09. The van der Waals surface area contributed by atoms with Crippen molar-refractivity contribution < 1.29 is 23.8 Å². The van der Waals surface area contributed by atoms with Crippen LogP contribution in [0.15, 0.2) is 30.0 Å². The van der Waals surface area contributed by atoms with Gasteiger partial charge in [-0.05, 0) is 12.1 Å². The molecular weight excluding hydrogens is 298 g/mol. The molecule has 2 rings (SSSR count). The average Bonchev–Trinajstić information content (AvgIpc) is 2.38. The van der Waals surface area contributed by atoms with Crippen LogP contribution in [-0.4, -0.2) is 24.8 Å². The zero-order valence-electron chi connectivity index (χ0n) is 11.7. The molecule has 1 fully saturated rings. The lowest BCUT2D eigenvalue weighted by Gasteiger charge is -2.29. The Morgan fingerprint density at radius 3 is 2.43 bits per heavy atom. The van der Waals surface area contributed by atoms with Crippen molar-refractivity contribution in [2.45, 2.75) is 19.6 Å². The van der Waals surface area contributed by atoms with Crippen molar-refractivity contribution in [1.82, 2.24) is 0 Å². The first-order chi connectivity index (χ1) is 9.82. The Balaban J connectivity index is 2.21. The molecule has 0 spiro atoms. The van der Waals surface area contributed by atoms with Gasteiger partial charge in [0.15, 0.2) is 5.57 Å². The second kappa shape index (κ2) is 5.65. The summed E-state index contributed by atoms with van der Waals surface area (Å²) >= 11 is 6.01. The quantitative estimate of drug-likeness (QED) is 0.525. The summed E-state index contributed by atoms with van der Waals surface area (Å²) in [6.07, 6.45) is 1.20. The summed E-state index contributed by atoms with van der Waals surface area (Å²) in [7, 11) is 1.52. The van der Waals surface area contributed by atoms with E-state index >= 15 is 0 Å². The average molecular weight is 312 g/mol. The molecule has 1 N–H and O–H groups in total. The van der Waals surface area contributed by atoms with Crippen molar-refractivity contribution in [2.24, 2.45) is 0 Å². The number of anilines is 1. The highest BCUT2D eigenvalue weighted by Gasteiger charge is 2.38. The maximum Gasteiger partial charge on any atom is 0.350 e. The van der Waals surface area contributed by atoms with Crippen molar-refractivity contribution in [2.75, 3.05) is 12.4 Å². The number of carbonyl (C=O) groups excluding carboxylic acids is 2. The van der Waals surface area contributed by atoms with Crippen molar-refractivity contribution in [3.05, 3.63) is 35.0 Å². The second-order valence-corrected chi connectivity index (χ2v) is 5.13. The van der Waals surface area contributed by atoms with Crippen LogP contribution in [-0.2, 0) is 19.1 Å². The van der Waals surface area contributed by atoms with Gasteiger partial charge in [-0.25, -0.2) is 9.59 Å². The molecule has 1 aliphatic heterocycles. The molecule has 0 aliphatic carbocycles. The van der Waals surface area contributed by atoms with Gasteiger partial charge in [0.1, 0.15) is 5.75 Å². The number of halogens is 1. The molecule has 0 unspecified atom stereocenters. The number of esters is 2. The molecule has 0 atom stereocenters. The van der Waals surface area contributed by atoms with Crippen LogP contribution in [0.4, 0.5) is 5.69 Å². The fourth-order valence-corrected chi connectivity index (χ4v) is 1.84. The maximum atomic E-state index is 11.8. The van der Waals surface area contributed by atoms with Crippen molar-refractivity contribution in [3.8, 4) is 5.75 Å². The lowest BCUT2D eigenvalue weighted by atomic mass is 10.2. The van der Waals surface area contributed by atoms with Gasteiger partial charge < -0.3 is 19.5 Å². The second-order valence-electron chi connectivity index (χ2n) is 4.73. The molecule has 0 aromatic heterocycles. The van der Waals surface area contributed by atoms with E-state index in [1.165, 1.54) is 27.2 Å². The minimum atomic E-state index is -1.26. The molecule has 1 heterocycles. The molecule has 1 aromatic rings. The fourth-order valence-electron chi connectivity index (χ4n) is 1.67.